The van der Waals surface area contributed by atoms with Crippen LogP contribution in [0.5, 0.6) is 0 Å². The van der Waals surface area contributed by atoms with E-state index in [0.717, 1.165) is 79.9 Å². The van der Waals surface area contributed by atoms with E-state index in [1.165, 1.54) is 11.1 Å². The summed E-state index contributed by atoms with van der Waals surface area (Å²) in [7, 11) is 2.23. The van der Waals surface area contributed by atoms with Crippen molar-refractivity contribution in [2.24, 2.45) is 5.92 Å². The lowest BCUT2D eigenvalue weighted by Gasteiger charge is -2.42. The number of benzene rings is 1. The Hall–Kier alpha value is -3.43. The molecule has 0 aliphatic carbocycles. The summed E-state index contributed by atoms with van der Waals surface area (Å²) in [6.07, 6.45) is 5.96. The Kier molecular flexibility index (Phi) is 7.27. The van der Waals surface area contributed by atoms with E-state index in [2.05, 4.69) is 83.8 Å². The molecule has 9 nitrogen and oxygen atoms in total. The van der Waals surface area contributed by atoms with Gasteiger partial charge in [-0.15, -0.1) is 0 Å². The fraction of sp³-hybridized carbons (Fsp3) is 0.516. The van der Waals surface area contributed by atoms with Crippen molar-refractivity contribution in [3.05, 3.63) is 65.0 Å². The van der Waals surface area contributed by atoms with Gasteiger partial charge in [-0.2, -0.15) is 10.1 Å². The fourth-order valence-corrected chi connectivity index (χ4v) is 6.34. The maximum Gasteiger partial charge on any atom is 0.252 e. The molecule has 5 heterocycles. The smallest absolute Gasteiger partial charge is 0.252 e. The summed E-state index contributed by atoms with van der Waals surface area (Å²) in [4.78, 5) is 26.2. The predicted octanol–water partition coefficient (Wildman–Crippen LogP) is 4.10. The van der Waals surface area contributed by atoms with Crippen LogP contribution in [0.15, 0.2) is 36.7 Å². The maximum atomic E-state index is 4.81. The molecule has 3 aromatic heterocycles. The van der Waals surface area contributed by atoms with Crippen LogP contribution < -0.4 is 4.90 Å². The lowest BCUT2D eigenvalue weighted by atomic mass is 9.96. The van der Waals surface area contributed by atoms with Gasteiger partial charge in [0, 0.05) is 61.8 Å². The van der Waals surface area contributed by atoms with Crippen LogP contribution in [0, 0.1) is 26.7 Å². The van der Waals surface area contributed by atoms with Crippen LogP contribution in [0.4, 0.5) is 5.82 Å². The van der Waals surface area contributed by atoms with Gasteiger partial charge in [0.05, 0.1) is 18.1 Å². The molecule has 2 saturated heterocycles. The highest BCUT2D eigenvalue weighted by molar-refractivity contribution is 5.59. The number of hydrogen-bond acceptors (Lipinski definition) is 8. The first kappa shape index (κ1) is 26.8. The zero-order valence-corrected chi connectivity index (χ0v) is 24.7. The van der Waals surface area contributed by atoms with Crippen molar-refractivity contribution in [2.45, 2.75) is 66.1 Å². The molecule has 210 valence electrons. The summed E-state index contributed by atoms with van der Waals surface area (Å²) in [5.74, 6) is 2.94. The van der Waals surface area contributed by atoms with Crippen molar-refractivity contribution in [1.82, 2.24) is 39.3 Å². The van der Waals surface area contributed by atoms with Crippen molar-refractivity contribution in [2.75, 3.05) is 38.1 Å². The predicted molar refractivity (Wildman–Crippen MR) is 158 cm³/mol. The molecule has 0 unspecified atom stereocenters. The van der Waals surface area contributed by atoms with Gasteiger partial charge in [-0.05, 0) is 71.6 Å². The number of hydrogen-bond donors (Lipinski definition) is 0. The number of piperazine rings is 1. The van der Waals surface area contributed by atoms with Gasteiger partial charge in [-0.25, -0.2) is 14.5 Å². The third-order valence-corrected chi connectivity index (χ3v) is 8.96. The number of rotatable bonds is 6. The second-order valence-electron chi connectivity index (χ2n) is 12.0. The SMILES string of the molecule is Cc1nc2nc(C)c(C[C@@H]3CCN(c4cnc(-c5ccc(CN6C[C@@H](C)N(C)C[C@@H]6C)cc5)cn4)C3)c(C)n2n1. The highest BCUT2D eigenvalue weighted by Gasteiger charge is 2.27. The molecular weight excluding hydrogens is 498 g/mol. The van der Waals surface area contributed by atoms with Gasteiger partial charge in [0.25, 0.3) is 5.78 Å². The highest BCUT2D eigenvalue weighted by Crippen LogP contribution is 2.28. The lowest BCUT2D eigenvalue weighted by molar-refractivity contribution is 0.0546. The first-order chi connectivity index (χ1) is 19.2. The van der Waals surface area contributed by atoms with Crippen LogP contribution in [0.25, 0.3) is 17.0 Å². The molecule has 0 bridgehead atoms. The Labute approximate surface area is 237 Å². The zero-order valence-electron chi connectivity index (χ0n) is 24.7. The lowest BCUT2D eigenvalue weighted by Crippen LogP contribution is -2.54. The fourth-order valence-electron chi connectivity index (χ4n) is 6.34. The standard InChI is InChI=1S/C31H41N9/c1-20-17-39(21(2)16-37(20)6)18-25-7-9-27(10-8-25)29-14-33-30(15-32-29)38-12-11-26(19-38)13-28-22(3)34-31-35-24(5)36-40(31)23(28)4/h7-10,14-15,20-21,26H,11-13,16-19H2,1-6H3/t20-,21+,26+/m1/s1. The van der Waals surface area contributed by atoms with Crippen LogP contribution in [-0.2, 0) is 13.0 Å². The van der Waals surface area contributed by atoms with Crippen molar-refractivity contribution < 1.29 is 0 Å². The molecule has 0 saturated carbocycles. The van der Waals surface area contributed by atoms with Crippen molar-refractivity contribution >= 4 is 11.6 Å². The Morgan fingerprint density at radius 1 is 0.900 bits per heavy atom. The molecule has 0 spiro atoms. The van der Waals surface area contributed by atoms with Gasteiger partial charge in [0.2, 0.25) is 0 Å². The summed E-state index contributed by atoms with van der Waals surface area (Å²) in [5, 5.41) is 4.53. The Bertz CT molecular complexity index is 1480. The minimum atomic E-state index is 0.543. The molecule has 3 atom stereocenters. The van der Waals surface area contributed by atoms with Crippen molar-refractivity contribution in [3.63, 3.8) is 0 Å². The molecule has 2 aliphatic heterocycles. The molecule has 6 rings (SSSR count). The van der Waals surface area contributed by atoms with Crippen LogP contribution in [0.3, 0.4) is 0 Å². The molecule has 0 amide bonds. The molecule has 4 aromatic rings. The number of likely N-dealkylation sites (N-methyl/N-ethyl adjacent to an activating group) is 1. The normalized spacial score (nSPS) is 22.4. The van der Waals surface area contributed by atoms with E-state index in [1.54, 1.807) is 0 Å². The highest BCUT2D eigenvalue weighted by atomic mass is 15.3. The van der Waals surface area contributed by atoms with Gasteiger partial charge in [0.15, 0.2) is 0 Å². The quantitative estimate of drug-likeness (QED) is 0.363. The minimum absolute atomic E-state index is 0.543. The summed E-state index contributed by atoms with van der Waals surface area (Å²) in [6.45, 7) is 15.9. The van der Waals surface area contributed by atoms with E-state index in [-0.39, 0.29) is 0 Å². The van der Waals surface area contributed by atoms with Gasteiger partial charge in [0.1, 0.15) is 11.6 Å². The Balaban J connectivity index is 1.08. The van der Waals surface area contributed by atoms with Gasteiger partial charge in [-0.1, -0.05) is 24.3 Å². The van der Waals surface area contributed by atoms with Crippen LogP contribution >= 0.6 is 0 Å². The van der Waals surface area contributed by atoms with Crippen molar-refractivity contribution in [3.8, 4) is 11.3 Å². The van der Waals surface area contributed by atoms with Crippen LogP contribution in [-0.4, -0.2) is 84.7 Å². The molecule has 40 heavy (non-hydrogen) atoms. The van der Waals surface area contributed by atoms with Crippen LogP contribution in [0.2, 0.25) is 0 Å². The van der Waals surface area contributed by atoms with Crippen LogP contribution in [0.1, 0.15) is 48.6 Å². The summed E-state index contributed by atoms with van der Waals surface area (Å²) >= 11 is 0. The molecule has 9 heteroatoms. The Morgan fingerprint density at radius 2 is 1.70 bits per heavy atom. The third-order valence-electron chi connectivity index (χ3n) is 8.96. The van der Waals surface area contributed by atoms with Gasteiger partial charge in [-0.3, -0.25) is 9.88 Å². The monoisotopic (exact) mass is 539 g/mol. The molecule has 2 fully saturated rings. The maximum absolute atomic E-state index is 4.81. The average Bonchev–Trinajstić information content (AvgIpc) is 3.56. The first-order valence-corrected chi connectivity index (χ1v) is 14.5. The minimum Gasteiger partial charge on any atom is -0.355 e. The molecular formula is C31H41N9. The number of aryl methyl sites for hydroxylation is 3. The second kappa shape index (κ2) is 10.9. The van der Waals surface area contributed by atoms with E-state index in [4.69, 9.17) is 15.0 Å². The second-order valence-corrected chi connectivity index (χ2v) is 12.0. The van der Waals surface area contributed by atoms with E-state index in [1.807, 2.05) is 23.8 Å². The molecule has 0 radical (unpaired) electrons. The van der Waals surface area contributed by atoms with Crippen molar-refractivity contribution in [1.29, 1.82) is 0 Å². The Morgan fingerprint density at radius 3 is 2.45 bits per heavy atom. The zero-order chi connectivity index (χ0) is 28.0. The number of anilines is 1. The number of fused-ring (bicyclic) bond motifs is 1. The topological polar surface area (TPSA) is 78.6 Å². The largest absolute Gasteiger partial charge is 0.355 e. The van der Waals surface area contributed by atoms with Gasteiger partial charge < -0.3 is 9.80 Å². The molecule has 0 N–H and O–H groups in total. The average molecular weight is 540 g/mol. The van der Waals surface area contributed by atoms with E-state index >= 15 is 0 Å². The number of nitrogens with zero attached hydrogens (tertiary/aromatic N) is 9. The van der Waals surface area contributed by atoms with E-state index in [9.17, 15) is 0 Å². The molecule has 2 aliphatic rings. The summed E-state index contributed by atoms with van der Waals surface area (Å²) < 4.78 is 1.88. The van der Waals surface area contributed by atoms with E-state index in [0.29, 0.717) is 23.8 Å². The summed E-state index contributed by atoms with van der Waals surface area (Å²) in [6, 6.07) is 10.00. The summed E-state index contributed by atoms with van der Waals surface area (Å²) in [5.41, 5.74) is 6.85. The molecule has 1 aromatic carbocycles. The first-order valence-electron chi connectivity index (χ1n) is 14.5. The number of aromatic nitrogens is 6. The third kappa shape index (κ3) is 5.32. The van der Waals surface area contributed by atoms with E-state index < -0.39 is 0 Å². The van der Waals surface area contributed by atoms with Gasteiger partial charge >= 0.3 is 0 Å².